The largest absolute Gasteiger partial charge is 0.497 e. The third kappa shape index (κ3) is 7.48. The molecule has 2 rings (SSSR count). The summed E-state index contributed by atoms with van der Waals surface area (Å²) >= 11 is 0. The Kier molecular flexibility index (Phi) is 9.15. The average molecular weight is 386 g/mol. The van der Waals surface area contributed by atoms with Crippen LogP contribution < -0.4 is 20.1 Å². The van der Waals surface area contributed by atoms with E-state index in [1.165, 1.54) is 0 Å². The molecule has 2 aromatic carbocycles. The molecule has 2 N–H and O–H groups in total. The topological polar surface area (TPSA) is 64.1 Å². The fourth-order valence-electron chi connectivity index (χ4n) is 2.69. The summed E-state index contributed by atoms with van der Waals surface area (Å²) in [5, 5.41) is 6.61. The van der Waals surface area contributed by atoms with Crippen molar-refractivity contribution in [1.29, 1.82) is 0 Å². The Hall–Kier alpha value is -2.73. The molecule has 0 saturated heterocycles. The molecule has 0 aliphatic carbocycles. The van der Waals surface area contributed by atoms with Gasteiger partial charge in [0.05, 0.1) is 26.8 Å². The van der Waals surface area contributed by atoms with Gasteiger partial charge in [0.25, 0.3) is 0 Å². The number of ether oxygens (including phenoxy) is 3. The number of methoxy groups -OCH3 is 2. The Morgan fingerprint density at radius 3 is 2.50 bits per heavy atom. The molecule has 0 saturated carbocycles. The van der Waals surface area contributed by atoms with Crippen molar-refractivity contribution in [1.82, 2.24) is 10.6 Å². The highest BCUT2D eigenvalue weighted by molar-refractivity contribution is 5.79. The van der Waals surface area contributed by atoms with Gasteiger partial charge in [-0.3, -0.25) is 0 Å². The van der Waals surface area contributed by atoms with Crippen LogP contribution in [0, 0.1) is 0 Å². The zero-order chi connectivity index (χ0) is 20.2. The van der Waals surface area contributed by atoms with E-state index in [-0.39, 0.29) is 6.10 Å². The van der Waals surface area contributed by atoms with Gasteiger partial charge < -0.3 is 24.8 Å². The molecule has 6 nitrogen and oxygen atoms in total. The first kappa shape index (κ1) is 21.6. The molecule has 0 radical (unpaired) electrons. The van der Waals surface area contributed by atoms with Gasteiger partial charge in [0, 0.05) is 19.7 Å². The van der Waals surface area contributed by atoms with Crippen molar-refractivity contribution in [2.45, 2.75) is 33.1 Å². The smallest absolute Gasteiger partial charge is 0.191 e. The van der Waals surface area contributed by atoms with E-state index in [9.17, 15) is 0 Å². The molecular weight excluding hydrogens is 354 g/mol. The molecule has 0 spiro atoms. The van der Waals surface area contributed by atoms with Gasteiger partial charge in [0.1, 0.15) is 17.6 Å². The summed E-state index contributed by atoms with van der Waals surface area (Å²) in [6.45, 7) is 6.69. The number of hydrogen-bond acceptors (Lipinski definition) is 4. The summed E-state index contributed by atoms with van der Waals surface area (Å²) < 4.78 is 16.4. The summed E-state index contributed by atoms with van der Waals surface area (Å²) in [6.07, 6.45) is -0.0269. The molecule has 152 valence electrons. The monoisotopic (exact) mass is 385 g/mol. The van der Waals surface area contributed by atoms with Gasteiger partial charge in [-0.1, -0.05) is 30.3 Å². The first-order valence-corrected chi connectivity index (χ1v) is 9.54. The second-order valence-corrected chi connectivity index (χ2v) is 6.44. The van der Waals surface area contributed by atoms with Crippen LogP contribution in [0.4, 0.5) is 0 Å². The molecule has 1 unspecified atom stereocenters. The lowest BCUT2D eigenvalue weighted by atomic mass is 10.1. The minimum Gasteiger partial charge on any atom is -0.497 e. The van der Waals surface area contributed by atoms with Gasteiger partial charge in [-0.2, -0.15) is 0 Å². The highest BCUT2D eigenvalue weighted by Crippen LogP contribution is 2.19. The molecule has 0 amide bonds. The summed E-state index contributed by atoms with van der Waals surface area (Å²) in [5.41, 5.74) is 2.29. The Bertz CT molecular complexity index is 749. The normalized spacial score (nSPS) is 12.4. The second-order valence-electron chi connectivity index (χ2n) is 6.44. The maximum absolute atomic E-state index is 5.95. The number of nitrogens with zero attached hydrogens (tertiary/aromatic N) is 1. The zero-order valence-electron chi connectivity index (χ0n) is 17.2. The summed E-state index contributed by atoms with van der Waals surface area (Å²) in [4.78, 5) is 4.67. The molecule has 1 atom stereocenters. The van der Waals surface area contributed by atoms with E-state index in [1.54, 1.807) is 14.2 Å². The number of guanidine groups is 1. The van der Waals surface area contributed by atoms with Crippen LogP contribution in [-0.2, 0) is 17.9 Å². The van der Waals surface area contributed by atoms with Gasteiger partial charge >= 0.3 is 0 Å². The Balaban J connectivity index is 1.90. The predicted molar refractivity (Wildman–Crippen MR) is 113 cm³/mol. The van der Waals surface area contributed by atoms with Crippen LogP contribution in [0.1, 0.15) is 25.0 Å². The standard InChI is InChI=1S/C22H31N3O3/c1-5-23-22(25-15-18-8-6-9-19(12-18)16-26-3)24-14-17(2)28-21-11-7-10-20(13-21)27-4/h6-13,17H,5,14-16H2,1-4H3,(H2,23,24,25). The molecule has 0 bridgehead atoms. The molecule has 2 aromatic rings. The summed E-state index contributed by atoms with van der Waals surface area (Å²) in [5.74, 6) is 2.33. The average Bonchev–Trinajstić information content (AvgIpc) is 2.71. The number of nitrogens with one attached hydrogen (secondary N) is 2. The minimum atomic E-state index is -0.0269. The fraction of sp³-hybridized carbons (Fsp3) is 0.409. The van der Waals surface area contributed by atoms with E-state index in [2.05, 4.69) is 33.8 Å². The minimum absolute atomic E-state index is 0.0269. The molecule has 0 aliphatic heterocycles. The van der Waals surface area contributed by atoms with Crippen molar-refractivity contribution in [3.8, 4) is 11.5 Å². The van der Waals surface area contributed by atoms with Gasteiger partial charge in [0.15, 0.2) is 5.96 Å². The van der Waals surface area contributed by atoms with Crippen molar-refractivity contribution in [3.05, 3.63) is 59.7 Å². The lowest BCUT2D eigenvalue weighted by Gasteiger charge is -2.18. The van der Waals surface area contributed by atoms with Crippen LogP contribution in [0.25, 0.3) is 0 Å². The number of benzene rings is 2. The quantitative estimate of drug-likeness (QED) is 0.485. The molecule has 28 heavy (non-hydrogen) atoms. The first-order chi connectivity index (χ1) is 13.6. The van der Waals surface area contributed by atoms with Gasteiger partial charge in [0.2, 0.25) is 0 Å². The third-order valence-corrected chi connectivity index (χ3v) is 4.00. The van der Waals surface area contributed by atoms with Crippen molar-refractivity contribution in [3.63, 3.8) is 0 Å². The number of hydrogen-bond donors (Lipinski definition) is 2. The third-order valence-electron chi connectivity index (χ3n) is 4.00. The molecule has 0 aromatic heterocycles. The Morgan fingerprint density at radius 2 is 1.75 bits per heavy atom. The first-order valence-electron chi connectivity index (χ1n) is 9.54. The number of aliphatic imine (C=N–C) groups is 1. The van der Waals surface area contributed by atoms with Crippen LogP contribution >= 0.6 is 0 Å². The molecule has 6 heteroatoms. The van der Waals surface area contributed by atoms with Crippen LogP contribution in [0.5, 0.6) is 11.5 Å². The van der Waals surface area contributed by atoms with Gasteiger partial charge in [-0.25, -0.2) is 4.99 Å². The number of rotatable bonds is 10. The van der Waals surface area contributed by atoms with Crippen molar-refractivity contribution >= 4 is 5.96 Å². The summed E-state index contributed by atoms with van der Waals surface area (Å²) in [7, 11) is 3.35. The predicted octanol–water partition coefficient (Wildman–Crippen LogP) is 3.36. The van der Waals surface area contributed by atoms with Crippen LogP contribution in [0.3, 0.4) is 0 Å². The Morgan fingerprint density at radius 1 is 1.00 bits per heavy atom. The van der Waals surface area contributed by atoms with Gasteiger partial charge in [-0.15, -0.1) is 0 Å². The molecular formula is C22H31N3O3. The maximum Gasteiger partial charge on any atom is 0.191 e. The van der Waals surface area contributed by atoms with Crippen LogP contribution in [0.2, 0.25) is 0 Å². The second kappa shape index (κ2) is 11.9. The SMILES string of the molecule is CCNC(=NCc1cccc(COC)c1)NCC(C)Oc1cccc(OC)c1. The van der Waals surface area contributed by atoms with E-state index in [0.29, 0.717) is 19.7 Å². The van der Waals surface area contributed by atoms with Crippen molar-refractivity contribution < 1.29 is 14.2 Å². The van der Waals surface area contributed by atoms with Crippen molar-refractivity contribution in [2.24, 2.45) is 4.99 Å². The van der Waals surface area contributed by atoms with E-state index in [1.807, 2.05) is 44.2 Å². The summed E-state index contributed by atoms with van der Waals surface area (Å²) in [6, 6.07) is 15.9. The fourth-order valence-corrected chi connectivity index (χ4v) is 2.69. The van der Waals surface area contributed by atoms with E-state index >= 15 is 0 Å². The maximum atomic E-state index is 5.95. The lowest BCUT2D eigenvalue weighted by molar-refractivity contribution is 0.185. The highest BCUT2D eigenvalue weighted by Gasteiger charge is 2.07. The van der Waals surface area contributed by atoms with E-state index < -0.39 is 0 Å². The molecule has 0 heterocycles. The van der Waals surface area contributed by atoms with E-state index in [0.717, 1.165) is 35.1 Å². The van der Waals surface area contributed by atoms with Gasteiger partial charge in [-0.05, 0) is 37.1 Å². The van der Waals surface area contributed by atoms with Crippen molar-refractivity contribution in [2.75, 3.05) is 27.3 Å². The van der Waals surface area contributed by atoms with Crippen LogP contribution in [0.15, 0.2) is 53.5 Å². The van der Waals surface area contributed by atoms with Crippen LogP contribution in [-0.4, -0.2) is 39.4 Å². The molecule has 0 aliphatic rings. The van der Waals surface area contributed by atoms with E-state index in [4.69, 9.17) is 14.2 Å². The zero-order valence-corrected chi connectivity index (χ0v) is 17.2. The Labute approximate surface area is 167 Å². The molecule has 0 fully saturated rings. The lowest BCUT2D eigenvalue weighted by Crippen LogP contribution is -2.41. The highest BCUT2D eigenvalue weighted by atomic mass is 16.5.